The lowest BCUT2D eigenvalue weighted by Gasteiger charge is -2.28. The molecule has 1 fully saturated rings. The zero-order valence-electron chi connectivity index (χ0n) is 14.8. The average molecular weight is 317 g/mol. The van der Waals surface area contributed by atoms with Crippen LogP contribution >= 0.6 is 0 Å². The van der Waals surface area contributed by atoms with Crippen LogP contribution in [-0.2, 0) is 4.79 Å². The van der Waals surface area contributed by atoms with E-state index in [1.165, 1.54) is 0 Å². The molecule has 1 atom stereocenters. The first-order valence-electron chi connectivity index (χ1n) is 8.08. The number of rotatable bonds is 6. The van der Waals surface area contributed by atoms with Gasteiger partial charge < -0.3 is 14.4 Å². The first kappa shape index (κ1) is 17.5. The van der Waals surface area contributed by atoms with Crippen LogP contribution in [0, 0.1) is 5.41 Å². The van der Waals surface area contributed by atoms with E-state index in [9.17, 15) is 4.79 Å². The Kier molecular flexibility index (Phi) is 5.47. The van der Waals surface area contributed by atoms with Gasteiger partial charge in [0.1, 0.15) is 0 Å². The molecule has 0 spiro atoms. The molecule has 1 aromatic carbocycles. The summed E-state index contributed by atoms with van der Waals surface area (Å²) in [6.45, 7) is 2.92. The number of hydrogen-bond donors (Lipinski definition) is 0. The molecular weight excluding hydrogens is 290 g/mol. The van der Waals surface area contributed by atoms with Crippen molar-refractivity contribution in [3.8, 4) is 11.5 Å². The molecule has 0 bridgehead atoms. The lowest BCUT2D eigenvalue weighted by molar-refractivity contribution is -0.123. The second-order valence-electron chi connectivity index (χ2n) is 6.48. The molecular formula is C19H27NO3. The minimum Gasteiger partial charge on any atom is -0.493 e. The Bertz CT molecular complexity index is 607. The van der Waals surface area contributed by atoms with Gasteiger partial charge in [0, 0.05) is 12.0 Å². The number of benzene rings is 1. The molecule has 0 amide bonds. The molecule has 1 unspecified atom stereocenters. The fourth-order valence-electron chi connectivity index (χ4n) is 3.43. The summed E-state index contributed by atoms with van der Waals surface area (Å²) in [6, 6.07) is 5.74. The van der Waals surface area contributed by atoms with Crippen LogP contribution < -0.4 is 9.47 Å². The quantitative estimate of drug-likeness (QED) is 0.754. The smallest absolute Gasteiger partial charge is 0.166 e. The molecule has 1 aliphatic rings. The van der Waals surface area contributed by atoms with Crippen molar-refractivity contribution in [1.82, 2.24) is 4.90 Å². The third-order valence-corrected chi connectivity index (χ3v) is 4.69. The van der Waals surface area contributed by atoms with Crippen LogP contribution in [0.25, 0.3) is 6.08 Å². The molecule has 4 nitrogen and oxygen atoms in total. The van der Waals surface area contributed by atoms with Gasteiger partial charge in [-0.1, -0.05) is 13.0 Å². The van der Waals surface area contributed by atoms with Gasteiger partial charge >= 0.3 is 0 Å². The Morgan fingerprint density at radius 3 is 2.48 bits per heavy atom. The zero-order valence-corrected chi connectivity index (χ0v) is 14.8. The van der Waals surface area contributed by atoms with Gasteiger partial charge in [-0.2, -0.15) is 0 Å². The van der Waals surface area contributed by atoms with E-state index < -0.39 is 0 Å². The lowest BCUT2D eigenvalue weighted by atomic mass is 9.81. The van der Waals surface area contributed by atoms with Gasteiger partial charge in [0.05, 0.1) is 14.2 Å². The summed E-state index contributed by atoms with van der Waals surface area (Å²) in [7, 11) is 7.30. The number of Topliss-reactive ketones (excluding diaryl/α,β-unsaturated/α-hetero) is 1. The summed E-state index contributed by atoms with van der Waals surface area (Å²) in [6.07, 6.45) is 4.65. The number of hydrogen-bond acceptors (Lipinski definition) is 4. The van der Waals surface area contributed by atoms with Crippen molar-refractivity contribution in [2.75, 3.05) is 34.9 Å². The predicted octanol–water partition coefficient (Wildman–Crippen LogP) is 3.41. The van der Waals surface area contributed by atoms with Gasteiger partial charge in [0.15, 0.2) is 17.3 Å². The largest absolute Gasteiger partial charge is 0.493 e. The minimum atomic E-state index is -0.230. The molecule has 1 aliphatic carbocycles. The van der Waals surface area contributed by atoms with E-state index in [1.54, 1.807) is 14.2 Å². The molecule has 0 radical (unpaired) electrons. The number of carbonyl (C=O) groups is 1. The molecule has 1 aromatic rings. The van der Waals surface area contributed by atoms with Gasteiger partial charge in [-0.25, -0.2) is 0 Å². The van der Waals surface area contributed by atoms with Gasteiger partial charge in [0.2, 0.25) is 0 Å². The third-order valence-electron chi connectivity index (χ3n) is 4.69. The van der Waals surface area contributed by atoms with Crippen molar-refractivity contribution in [2.45, 2.75) is 26.2 Å². The molecule has 0 heterocycles. The number of allylic oxidation sites excluding steroid dienone is 1. The Morgan fingerprint density at radius 1 is 1.22 bits per heavy atom. The minimum absolute atomic E-state index is 0.230. The van der Waals surface area contributed by atoms with Crippen molar-refractivity contribution >= 4 is 11.9 Å². The molecule has 1 saturated carbocycles. The van der Waals surface area contributed by atoms with E-state index in [2.05, 4.69) is 11.8 Å². The topological polar surface area (TPSA) is 38.8 Å². The highest BCUT2D eigenvalue weighted by Gasteiger charge is 2.43. The third kappa shape index (κ3) is 3.58. The number of ketones is 1. The van der Waals surface area contributed by atoms with Gasteiger partial charge in [-0.15, -0.1) is 0 Å². The summed E-state index contributed by atoms with van der Waals surface area (Å²) in [5, 5.41) is 0. The Labute approximate surface area is 139 Å². The van der Waals surface area contributed by atoms with Crippen LogP contribution in [0.3, 0.4) is 0 Å². The monoisotopic (exact) mass is 317 g/mol. The van der Waals surface area contributed by atoms with Crippen molar-refractivity contribution < 1.29 is 14.3 Å². The van der Waals surface area contributed by atoms with E-state index in [0.29, 0.717) is 17.3 Å². The maximum Gasteiger partial charge on any atom is 0.166 e. The van der Waals surface area contributed by atoms with E-state index >= 15 is 0 Å². The van der Waals surface area contributed by atoms with Gasteiger partial charge in [-0.3, -0.25) is 4.79 Å². The summed E-state index contributed by atoms with van der Waals surface area (Å²) in [5.74, 6) is 1.67. The molecule has 4 heteroatoms. The second-order valence-corrected chi connectivity index (χ2v) is 6.48. The molecule has 0 aromatic heterocycles. The van der Waals surface area contributed by atoms with E-state index in [0.717, 1.165) is 36.9 Å². The highest BCUT2D eigenvalue weighted by atomic mass is 16.5. The van der Waals surface area contributed by atoms with Crippen LogP contribution in [0.5, 0.6) is 11.5 Å². The number of methoxy groups -OCH3 is 2. The molecule has 126 valence electrons. The van der Waals surface area contributed by atoms with E-state index in [1.807, 2.05) is 38.4 Å². The maximum atomic E-state index is 12.9. The lowest BCUT2D eigenvalue weighted by Crippen LogP contribution is -2.36. The van der Waals surface area contributed by atoms with Crippen molar-refractivity contribution in [3.05, 3.63) is 29.3 Å². The van der Waals surface area contributed by atoms with Crippen molar-refractivity contribution in [1.29, 1.82) is 0 Å². The summed E-state index contributed by atoms with van der Waals surface area (Å²) < 4.78 is 10.6. The summed E-state index contributed by atoms with van der Waals surface area (Å²) >= 11 is 0. The van der Waals surface area contributed by atoms with Crippen LogP contribution in [0.2, 0.25) is 0 Å². The molecule has 0 N–H and O–H groups in total. The van der Waals surface area contributed by atoms with Crippen molar-refractivity contribution in [2.24, 2.45) is 5.41 Å². The van der Waals surface area contributed by atoms with Crippen molar-refractivity contribution in [3.63, 3.8) is 0 Å². The zero-order chi connectivity index (χ0) is 17.0. The molecule has 0 saturated heterocycles. The molecule has 0 aliphatic heterocycles. The fraction of sp³-hybridized carbons (Fsp3) is 0.526. The fourth-order valence-corrected chi connectivity index (χ4v) is 3.43. The Balaban J connectivity index is 2.29. The van der Waals surface area contributed by atoms with Gasteiger partial charge in [-0.05, 0) is 62.7 Å². The second kappa shape index (κ2) is 7.18. The summed E-state index contributed by atoms with van der Waals surface area (Å²) in [4.78, 5) is 15.0. The predicted molar refractivity (Wildman–Crippen MR) is 93.0 cm³/mol. The van der Waals surface area contributed by atoms with Gasteiger partial charge in [0.25, 0.3) is 0 Å². The SMILES string of the molecule is CCC1(CN(C)C)CCC(=Cc2ccc(OC)c(OC)c2)C1=O. The highest BCUT2D eigenvalue weighted by molar-refractivity contribution is 6.05. The number of ether oxygens (including phenoxy) is 2. The maximum absolute atomic E-state index is 12.9. The van der Waals surface area contributed by atoms with Crippen LogP contribution in [0.15, 0.2) is 23.8 Å². The van der Waals surface area contributed by atoms with E-state index in [4.69, 9.17) is 9.47 Å². The Morgan fingerprint density at radius 2 is 1.91 bits per heavy atom. The van der Waals surface area contributed by atoms with Crippen LogP contribution in [0.1, 0.15) is 31.7 Å². The molecule has 2 rings (SSSR count). The highest BCUT2D eigenvalue weighted by Crippen LogP contribution is 2.42. The summed E-state index contributed by atoms with van der Waals surface area (Å²) in [5.41, 5.74) is 1.66. The number of nitrogens with zero attached hydrogens (tertiary/aromatic N) is 1. The van der Waals surface area contributed by atoms with E-state index in [-0.39, 0.29) is 5.41 Å². The van der Waals surface area contributed by atoms with Crippen LogP contribution in [-0.4, -0.2) is 45.5 Å². The Hall–Kier alpha value is -1.81. The van der Waals surface area contributed by atoms with Crippen LogP contribution in [0.4, 0.5) is 0 Å². The number of carbonyl (C=O) groups excluding carboxylic acids is 1. The standard InChI is InChI=1S/C19H27NO3/c1-6-19(13-20(2)3)10-9-15(18(19)21)11-14-7-8-16(22-4)17(12-14)23-5/h7-8,11-12H,6,9-10,13H2,1-5H3. The first-order valence-corrected chi connectivity index (χ1v) is 8.08. The normalized spacial score (nSPS) is 22.9. The molecule has 23 heavy (non-hydrogen) atoms. The average Bonchev–Trinajstić information content (AvgIpc) is 2.84. The first-order chi connectivity index (χ1) is 11.0.